The van der Waals surface area contributed by atoms with E-state index < -0.39 is 0 Å². The maximum atomic E-state index is 11.9. The van der Waals surface area contributed by atoms with Gasteiger partial charge in [0.05, 0.1) is 0 Å². The van der Waals surface area contributed by atoms with E-state index >= 15 is 0 Å². The zero-order chi connectivity index (χ0) is 10.3. The van der Waals surface area contributed by atoms with Gasteiger partial charge in [-0.15, -0.1) is 0 Å². The first-order valence-corrected chi connectivity index (χ1v) is 6.62. The predicted molar refractivity (Wildman–Crippen MR) is 59.6 cm³/mol. The fourth-order valence-corrected chi connectivity index (χ4v) is 4.06. The predicted octanol–water partition coefficient (Wildman–Crippen LogP) is 2.13. The van der Waals surface area contributed by atoms with Crippen LogP contribution in [0.15, 0.2) is 0 Å². The van der Waals surface area contributed by atoms with Crippen LogP contribution in [0.25, 0.3) is 0 Å². The Morgan fingerprint density at radius 1 is 1.07 bits per heavy atom. The summed E-state index contributed by atoms with van der Waals surface area (Å²) >= 11 is 0. The summed E-state index contributed by atoms with van der Waals surface area (Å²) in [7, 11) is 0. The molecule has 0 bridgehead atoms. The molecule has 2 saturated carbocycles. The van der Waals surface area contributed by atoms with Gasteiger partial charge in [-0.1, -0.05) is 12.8 Å². The molecule has 3 fully saturated rings. The molecule has 1 heterocycles. The van der Waals surface area contributed by atoms with Gasteiger partial charge in [0.1, 0.15) is 5.78 Å². The number of nitrogens with one attached hydrogen (secondary N) is 1. The number of Topliss-reactive ketones (excluding diaryl/α,β-unsaturated/α-hetero) is 1. The van der Waals surface area contributed by atoms with E-state index in [9.17, 15) is 4.79 Å². The lowest BCUT2D eigenvalue weighted by Gasteiger charge is -2.30. The normalized spacial score (nSPS) is 45.7. The first-order valence-electron chi connectivity index (χ1n) is 6.62. The van der Waals surface area contributed by atoms with Gasteiger partial charge in [-0.3, -0.25) is 4.79 Å². The Hall–Kier alpha value is -0.370. The first kappa shape index (κ1) is 9.83. The van der Waals surface area contributed by atoms with Gasteiger partial charge in [0.15, 0.2) is 0 Å². The molecule has 2 heteroatoms. The van der Waals surface area contributed by atoms with E-state index in [4.69, 9.17) is 0 Å². The molecule has 2 aliphatic carbocycles. The third-order valence-electron chi connectivity index (χ3n) is 4.83. The lowest BCUT2D eigenvalue weighted by atomic mass is 9.77. The number of ketones is 1. The topological polar surface area (TPSA) is 29.1 Å². The number of rotatable bonds is 1. The summed E-state index contributed by atoms with van der Waals surface area (Å²) in [6.07, 6.45) is 8.57. The molecule has 0 aromatic heterocycles. The quantitative estimate of drug-likeness (QED) is 0.713. The van der Waals surface area contributed by atoms with Gasteiger partial charge in [-0.25, -0.2) is 0 Å². The Morgan fingerprint density at radius 3 is 2.87 bits per heavy atom. The zero-order valence-corrected chi connectivity index (χ0v) is 9.37. The highest BCUT2D eigenvalue weighted by Crippen LogP contribution is 2.42. The molecule has 4 atom stereocenters. The van der Waals surface area contributed by atoms with Crippen LogP contribution in [-0.4, -0.2) is 18.4 Å². The number of hydrogen-bond acceptors (Lipinski definition) is 2. The van der Waals surface area contributed by atoms with Crippen LogP contribution >= 0.6 is 0 Å². The van der Waals surface area contributed by atoms with Gasteiger partial charge >= 0.3 is 0 Å². The third kappa shape index (κ3) is 1.63. The second kappa shape index (κ2) is 3.89. The van der Waals surface area contributed by atoms with E-state index in [1.165, 1.54) is 32.2 Å². The molecule has 3 aliphatic rings. The summed E-state index contributed by atoms with van der Waals surface area (Å²) in [6.45, 7) is 1.18. The summed E-state index contributed by atoms with van der Waals surface area (Å²) in [5, 5.41) is 3.64. The molecule has 4 unspecified atom stereocenters. The summed E-state index contributed by atoms with van der Waals surface area (Å²) in [4.78, 5) is 11.9. The molecule has 15 heavy (non-hydrogen) atoms. The fraction of sp³-hybridized carbons (Fsp3) is 0.923. The monoisotopic (exact) mass is 207 g/mol. The van der Waals surface area contributed by atoms with Gasteiger partial charge in [0.25, 0.3) is 0 Å². The Kier molecular flexibility index (Phi) is 2.55. The maximum absolute atomic E-state index is 11.9. The summed E-state index contributed by atoms with van der Waals surface area (Å²) < 4.78 is 0. The molecule has 1 saturated heterocycles. The molecule has 0 radical (unpaired) electrons. The van der Waals surface area contributed by atoms with Crippen molar-refractivity contribution in [2.75, 3.05) is 6.54 Å². The van der Waals surface area contributed by atoms with Crippen molar-refractivity contribution in [2.24, 2.45) is 17.8 Å². The van der Waals surface area contributed by atoms with Gasteiger partial charge in [0.2, 0.25) is 0 Å². The van der Waals surface area contributed by atoms with Crippen molar-refractivity contribution in [3.05, 3.63) is 0 Å². The van der Waals surface area contributed by atoms with Crippen LogP contribution in [0.2, 0.25) is 0 Å². The largest absolute Gasteiger partial charge is 0.313 e. The highest BCUT2D eigenvalue weighted by Gasteiger charge is 2.44. The molecule has 2 nitrogen and oxygen atoms in total. The standard InChI is InChI=1S/C13H21NO/c15-12-7-2-1-5-11(12)13-10-6-3-4-9(10)8-14-13/h9-11,13-14H,1-8H2. The highest BCUT2D eigenvalue weighted by molar-refractivity contribution is 5.82. The SMILES string of the molecule is O=C1CCCCC1C1NCC2CCCC21. The van der Waals surface area contributed by atoms with Crippen molar-refractivity contribution in [1.29, 1.82) is 0 Å². The summed E-state index contributed by atoms with van der Waals surface area (Å²) in [5.41, 5.74) is 0. The van der Waals surface area contributed by atoms with E-state index in [1.54, 1.807) is 0 Å². The highest BCUT2D eigenvalue weighted by atomic mass is 16.1. The molecular weight excluding hydrogens is 186 g/mol. The van der Waals surface area contributed by atoms with Crippen molar-refractivity contribution in [3.8, 4) is 0 Å². The summed E-state index contributed by atoms with van der Waals surface area (Å²) in [5.74, 6) is 2.64. The molecule has 1 N–H and O–H groups in total. The average molecular weight is 207 g/mol. The van der Waals surface area contributed by atoms with Crippen LogP contribution in [-0.2, 0) is 4.79 Å². The average Bonchev–Trinajstić information content (AvgIpc) is 2.80. The Bertz CT molecular complexity index is 263. The van der Waals surface area contributed by atoms with Gasteiger partial charge < -0.3 is 5.32 Å². The van der Waals surface area contributed by atoms with Crippen LogP contribution in [0.5, 0.6) is 0 Å². The van der Waals surface area contributed by atoms with E-state index in [1.807, 2.05) is 0 Å². The minimum Gasteiger partial charge on any atom is -0.313 e. The van der Waals surface area contributed by atoms with Crippen molar-refractivity contribution in [2.45, 2.75) is 51.0 Å². The van der Waals surface area contributed by atoms with Crippen molar-refractivity contribution >= 4 is 5.78 Å². The number of hydrogen-bond donors (Lipinski definition) is 1. The molecule has 3 rings (SSSR count). The number of carbonyl (C=O) groups is 1. The van der Waals surface area contributed by atoms with Crippen molar-refractivity contribution in [3.63, 3.8) is 0 Å². The van der Waals surface area contributed by atoms with Gasteiger partial charge in [-0.05, 0) is 44.1 Å². The van der Waals surface area contributed by atoms with Crippen LogP contribution in [0.4, 0.5) is 0 Å². The van der Waals surface area contributed by atoms with Gasteiger partial charge in [-0.2, -0.15) is 0 Å². The van der Waals surface area contributed by atoms with E-state index in [2.05, 4.69) is 5.32 Å². The lowest BCUT2D eigenvalue weighted by Crippen LogP contribution is -2.40. The molecule has 0 spiro atoms. The molecule has 0 aromatic rings. The van der Waals surface area contributed by atoms with Crippen LogP contribution in [0, 0.1) is 17.8 Å². The van der Waals surface area contributed by atoms with Crippen molar-refractivity contribution < 1.29 is 4.79 Å². The number of fused-ring (bicyclic) bond motifs is 1. The van der Waals surface area contributed by atoms with Crippen LogP contribution in [0.3, 0.4) is 0 Å². The first-order chi connectivity index (χ1) is 7.36. The molecule has 1 aliphatic heterocycles. The minimum absolute atomic E-state index is 0.367. The van der Waals surface area contributed by atoms with Gasteiger partial charge in [0, 0.05) is 18.4 Å². The Labute approximate surface area is 91.8 Å². The smallest absolute Gasteiger partial charge is 0.137 e. The second-order valence-corrected chi connectivity index (χ2v) is 5.61. The Balaban J connectivity index is 1.73. The van der Waals surface area contributed by atoms with Crippen LogP contribution in [0.1, 0.15) is 44.9 Å². The van der Waals surface area contributed by atoms with E-state index in [0.717, 1.165) is 31.1 Å². The minimum atomic E-state index is 0.367. The second-order valence-electron chi connectivity index (χ2n) is 5.61. The Morgan fingerprint density at radius 2 is 2.00 bits per heavy atom. The van der Waals surface area contributed by atoms with E-state index in [-0.39, 0.29) is 0 Å². The van der Waals surface area contributed by atoms with Crippen molar-refractivity contribution in [1.82, 2.24) is 5.32 Å². The molecule has 0 amide bonds. The van der Waals surface area contributed by atoms with Crippen LogP contribution < -0.4 is 5.32 Å². The lowest BCUT2D eigenvalue weighted by molar-refractivity contribution is -0.125. The molecule has 0 aromatic carbocycles. The molecule has 84 valence electrons. The zero-order valence-electron chi connectivity index (χ0n) is 9.37. The fourth-order valence-electron chi connectivity index (χ4n) is 4.06. The maximum Gasteiger partial charge on any atom is 0.137 e. The summed E-state index contributed by atoms with van der Waals surface area (Å²) in [6, 6.07) is 0.547. The van der Waals surface area contributed by atoms with E-state index in [0.29, 0.717) is 17.7 Å². The third-order valence-corrected chi connectivity index (χ3v) is 4.83. The molecular formula is C13H21NO. The number of carbonyl (C=O) groups excluding carboxylic acids is 1.